The van der Waals surface area contributed by atoms with Crippen LogP contribution in [0.25, 0.3) is 0 Å². The first kappa shape index (κ1) is 32.9. The van der Waals surface area contributed by atoms with Crippen molar-refractivity contribution in [3.05, 3.63) is 60.7 Å². The number of ether oxygens (including phenoxy) is 4. The molecule has 12 nitrogen and oxygen atoms in total. The SMILES string of the molecule is CCOc1ccc(N(CC(=O)Nc2ccc(OC)c(S(=O)(=O)N3CCCCC3)c2)S(=O)(=O)c2ccc(OC)c(OC)c2)cc1. The van der Waals surface area contributed by atoms with E-state index in [4.69, 9.17) is 18.9 Å². The van der Waals surface area contributed by atoms with Crippen molar-refractivity contribution in [3.63, 3.8) is 0 Å². The van der Waals surface area contributed by atoms with Crippen LogP contribution < -0.4 is 28.6 Å². The van der Waals surface area contributed by atoms with Crippen LogP contribution in [-0.4, -0.2) is 74.6 Å². The van der Waals surface area contributed by atoms with E-state index >= 15 is 0 Å². The molecule has 3 aromatic rings. The Labute approximate surface area is 258 Å². The zero-order valence-corrected chi connectivity index (χ0v) is 26.7. The number of hydrogen-bond donors (Lipinski definition) is 1. The lowest BCUT2D eigenvalue weighted by atomic mass is 10.2. The summed E-state index contributed by atoms with van der Waals surface area (Å²) in [6.45, 7) is 2.42. The first-order chi connectivity index (χ1) is 21.0. The lowest BCUT2D eigenvalue weighted by molar-refractivity contribution is -0.114. The van der Waals surface area contributed by atoms with Crippen LogP contribution in [0.2, 0.25) is 0 Å². The lowest BCUT2D eigenvalue weighted by Crippen LogP contribution is -2.38. The van der Waals surface area contributed by atoms with Gasteiger partial charge in [-0.2, -0.15) is 4.31 Å². The number of hydrogen-bond acceptors (Lipinski definition) is 9. The van der Waals surface area contributed by atoms with Crippen molar-refractivity contribution < 1.29 is 40.6 Å². The van der Waals surface area contributed by atoms with Crippen molar-refractivity contribution in [2.45, 2.75) is 36.0 Å². The fraction of sp³-hybridized carbons (Fsp3) is 0.367. The Morgan fingerprint density at radius 1 is 0.818 bits per heavy atom. The fourth-order valence-electron chi connectivity index (χ4n) is 4.83. The maximum absolute atomic E-state index is 14.0. The highest BCUT2D eigenvalue weighted by atomic mass is 32.2. The molecule has 1 amide bonds. The van der Waals surface area contributed by atoms with Crippen molar-refractivity contribution >= 4 is 37.3 Å². The van der Waals surface area contributed by atoms with E-state index < -0.39 is 32.5 Å². The number of nitrogens with zero attached hydrogens (tertiary/aromatic N) is 2. The number of amides is 1. The number of carbonyl (C=O) groups is 1. The van der Waals surface area contributed by atoms with E-state index in [1.807, 2.05) is 6.92 Å². The molecule has 0 aliphatic carbocycles. The maximum atomic E-state index is 14.0. The van der Waals surface area contributed by atoms with Crippen LogP contribution in [0, 0.1) is 0 Å². The molecule has 0 bridgehead atoms. The summed E-state index contributed by atoms with van der Waals surface area (Å²) in [5, 5.41) is 2.65. The molecule has 44 heavy (non-hydrogen) atoms. The summed E-state index contributed by atoms with van der Waals surface area (Å²) in [5.74, 6) is 0.511. The van der Waals surface area contributed by atoms with Crippen molar-refractivity contribution in [1.29, 1.82) is 0 Å². The summed E-state index contributed by atoms with van der Waals surface area (Å²) in [6, 6.07) is 14.7. The third-order valence-corrected chi connectivity index (χ3v) is 10.7. The fourth-order valence-corrected chi connectivity index (χ4v) is 7.96. The van der Waals surface area contributed by atoms with Gasteiger partial charge in [-0.05, 0) is 74.4 Å². The monoisotopic (exact) mass is 647 g/mol. The van der Waals surface area contributed by atoms with Gasteiger partial charge in [-0.1, -0.05) is 6.42 Å². The van der Waals surface area contributed by atoms with Crippen LogP contribution in [0.4, 0.5) is 11.4 Å². The third kappa shape index (κ3) is 7.20. The lowest BCUT2D eigenvalue weighted by Gasteiger charge is -2.27. The van der Waals surface area contributed by atoms with E-state index in [0.29, 0.717) is 31.2 Å². The molecular weight excluding hydrogens is 610 g/mol. The summed E-state index contributed by atoms with van der Waals surface area (Å²) in [4.78, 5) is 13.2. The number of benzene rings is 3. The van der Waals surface area contributed by atoms with Crippen LogP contribution >= 0.6 is 0 Å². The highest BCUT2D eigenvalue weighted by molar-refractivity contribution is 7.92. The Bertz CT molecular complexity index is 1670. The van der Waals surface area contributed by atoms with Gasteiger partial charge in [0.15, 0.2) is 11.5 Å². The van der Waals surface area contributed by atoms with E-state index in [-0.39, 0.29) is 32.7 Å². The number of nitrogens with one attached hydrogen (secondary N) is 1. The normalized spacial score (nSPS) is 14.0. The first-order valence-electron chi connectivity index (χ1n) is 14.0. The quantitative estimate of drug-likeness (QED) is 0.290. The van der Waals surface area contributed by atoms with Crippen LogP contribution in [0.1, 0.15) is 26.2 Å². The molecular formula is C30H37N3O9S2. The molecule has 1 saturated heterocycles. The molecule has 0 atom stereocenters. The van der Waals surface area contributed by atoms with Crippen molar-refractivity contribution in [2.24, 2.45) is 0 Å². The van der Waals surface area contributed by atoms with Crippen LogP contribution in [0.15, 0.2) is 70.5 Å². The minimum atomic E-state index is -4.31. The average molecular weight is 648 g/mol. The highest BCUT2D eigenvalue weighted by Gasteiger charge is 2.31. The molecule has 0 aromatic heterocycles. The van der Waals surface area contributed by atoms with Crippen LogP contribution in [0.3, 0.4) is 0 Å². The molecule has 4 rings (SSSR count). The number of rotatable bonds is 13. The second-order valence-corrected chi connectivity index (χ2v) is 13.6. The molecule has 1 fully saturated rings. The largest absolute Gasteiger partial charge is 0.495 e. The minimum absolute atomic E-state index is 0.0824. The summed E-state index contributed by atoms with van der Waals surface area (Å²) in [5.41, 5.74) is 0.378. The predicted octanol–water partition coefficient (Wildman–Crippen LogP) is 4.12. The number of methoxy groups -OCH3 is 3. The maximum Gasteiger partial charge on any atom is 0.264 e. The Morgan fingerprint density at radius 3 is 2.07 bits per heavy atom. The number of carbonyl (C=O) groups excluding carboxylic acids is 1. The van der Waals surface area contributed by atoms with Crippen LogP contribution in [0.5, 0.6) is 23.0 Å². The standard InChI is InChI=1S/C30H37N3O9S2/c1-5-42-24-12-10-23(11-13-24)33(43(35,36)25-14-16-26(39-2)28(20-25)41-4)21-30(34)31-22-9-15-27(40-3)29(19-22)44(37,38)32-17-7-6-8-18-32/h9-16,19-20H,5-8,17-18,21H2,1-4H3,(H,31,34). The summed E-state index contributed by atoms with van der Waals surface area (Å²) in [6.07, 6.45) is 2.47. The van der Waals surface area contributed by atoms with Gasteiger partial charge in [0.2, 0.25) is 15.9 Å². The van der Waals surface area contributed by atoms with Gasteiger partial charge < -0.3 is 24.3 Å². The smallest absolute Gasteiger partial charge is 0.264 e. The van der Waals surface area contributed by atoms with Gasteiger partial charge >= 0.3 is 0 Å². The van der Waals surface area contributed by atoms with E-state index in [9.17, 15) is 21.6 Å². The first-order valence-corrected chi connectivity index (χ1v) is 16.9. The molecule has 0 unspecified atom stereocenters. The van der Waals surface area contributed by atoms with E-state index in [1.54, 1.807) is 12.1 Å². The van der Waals surface area contributed by atoms with Gasteiger partial charge in [0.25, 0.3) is 10.0 Å². The highest BCUT2D eigenvalue weighted by Crippen LogP contribution is 2.34. The molecule has 0 radical (unpaired) electrons. The van der Waals surface area contributed by atoms with Gasteiger partial charge in [-0.3, -0.25) is 9.10 Å². The number of anilines is 2. The van der Waals surface area contributed by atoms with E-state index in [2.05, 4.69) is 5.32 Å². The third-order valence-electron chi connectivity index (χ3n) is 7.05. The van der Waals surface area contributed by atoms with Crippen molar-refractivity contribution in [2.75, 3.05) is 57.2 Å². The zero-order valence-electron chi connectivity index (χ0n) is 25.1. The van der Waals surface area contributed by atoms with Gasteiger partial charge in [0.1, 0.15) is 22.9 Å². The van der Waals surface area contributed by atoms with Crippen molar-refractivity contribution in [1.82, 2.24) is 4.31 Å². The molecule has 14 heteroatoms. The minimum Gasteiger partial charge on any atom is -0.495 e. The number of sulfonamides is 2. The molecule has 3 aromatic carbocycles. The molecule has 0 spiro atoms. The summed E-state index contributed by atoms with van der Waals surface area (Å²) in [7, 11) is -4.00. The van der Waals surface area contributed by atoms with Crippen molar-refractivity contribution in [3.8, 4) is 23.0 Å². The zero-order chi connectivity index (χ0) is 31.9. The Balaban J connectivity index is 1.67. The summed E-state index contributed by atoms with van der Waals surface area (Å²) >= 11 is 0. The molecule has 1 aliphatic heterocycles. The molecule has 238 valence electrons. The predicted molar refractivity (Wildman–Crippen MR) is 166 cm³/mol. The van der Waals surface area contributed by atoms with Gasteiger partial charge in [-0.15, -0.1) is 0 Å². The average Bonchev–Trinajstić information content (AvgIpc) is 3.04. The Morgan fingerprint density at radius 2 is 1.45 bits per heavy atom. The topological polar surface area (TPSA) is 141 Å². The second-order valence-electron chi connectivity index (χ2n) is 9.83. The van der Waals surface area contributed by atoms with E-state index in [1.165, 1.54) is 74.2 Å². The van der Waals surface area contributed by atoms with Gasteiger partial charge in [0.05, 0.1) is 38.5 Å². The molecule has 0 saturated carbocycles. The Kier molecular flexibility index (Phi) is 10.6. The van der Waals surface area contributed by atoms with Gasteiger partial charge in [-0.25, -0.2) is 16.8 Å². The number of piperidine rings is 1. The Hall–Kier alpha value is -4.01. The van der Waals surface area contributed by atoms with Crippen LogP contribution in [-0.2, 0) is 24.8 Å². The van der Waals surface area contributed by atoms with Gasteiger partial charge in [0, 0.05) is 24.8 Å². The molecule has 1 N–H and O–H groups in total. The van der Waals surface area contributed by atoms with E-state index in [0.717, 1.165) is 23.6 Å². The summed E-state index contributed by atoms with van der Waals surface area (Å²) < 4.78 is 78.5. The second kappa shape index (κ2) is 14.2. The molecule has 1 aliphatic rings. The molecule has 1 heterocycles.